The van der Waals surface area contributed by atoms with Gasteiger partial charge in [0.25, 0.3) is 0 Å². The van der Waals surface area contributed by atoms with Crippen molar-refractivity contribution in [2.24, 2.45) is 0 Å². The van der Waals surface area contributed by atoms with Gasteiger partial charge in [-0.25, -0.2) is 14.6 Å². The van der Waals surface area contributed by atoms with E-state index in [1.165, 1.54) is 5.56 Å². The van der Waals surface area contributed by atoms with Crippen LogP contribution in [-0.2, 0) is 13.0 Å². The first kappa shape index (κ1) is 17.0. The second-order valence-electron chi connectivity index (χ2n) is 6.31. The fourth-order valence-corrected chi connectivity index (χ4v) is 3.01. The van der Waals surface area contributed by atoms with E-state index < -0.39 is 0 Å². The first-order valence-corrected chi connectivity index (χ1v) is 8.88. The lowest BCUT2D eigenvalue weighted by atomic mass is 10.1. The van der Waals surface area contributed by atoms with Crippen molar-refractivity contribution in [3.8, 4) is 5.75 Å². The molecule has 2 aromatic heterocycles. The topological polar surface area (TPSA) is 64.9 Å². The monoisotopic (exact) mass is 359 g/mol. The van der Waals surface area contributed by atoms with E-state index in [-0.39, 0.29) is 0 Å². The quantitative estimate of drug-likeness (QED) is 0.561. The SMILES string of the molecule is COc1ccc(Nc2nc(C)nc3c2cnn3CCc2ccccc2)cc1. The molecule has 0 unspecified atom stereocenters. The van der Waals surface area contributed by atoms with Gasteiger partial charge in [0.05, 0.1) is 18.7 Å². The summed E-state index contributed by atoms with van der Waals surface area (Å²) in [6.45, 7) is 2.67. The van der Waals surface area contributed by atoms with Crippen molar-refractivity contribution in [2.45, 2.75) is 19.9 Å². The van der Waals surface area contributed by atoms with Gasteiger partial charge >= 0.3 is 0 Å². The molecule has 0 aliphatic rings. The van der Waals surface area contributed by atoms with E-state index in [1.807, 2.05) is 48.1 Å². The van der Waals surface area contributed by atoms with E-state index in [0.29, 0.717) is 5.82 Å². The molecule has 0 atom stereocenters. The first-order chi connectivity index (χ1) is 13.2. The number of fused-ring (bicyclic) bond motifs is 1. The van der Waals surface area contributed by atoms with Crippen LogP contribution in [-0.4, -0.2) is 26.9 Å². The fourth-order valence-electron chi connectivity index (χ4n) is 3.01. The maximum atomic E-state index is 5.21. The standard InChI is InChI=1S/C21H21N5O/c1-15-23-20(25-17-8-10-18(27-2)11-9-17)19-14-22-26(21(19)24-15)13-12-16-6-4-3-5-7-16/h3-11,14H,12-13H2,1-2H3,(H,23,24,25). The Morgan fingerprint density at radius 2 is 1.78 bits per heavy atom. The predicted molar refractivity (Wildman–Crippen MR) is 106 cm³/mol. The van der Waals surface area contributed by atoms with Gasteiger partial charge in [-0.2, -0.15) is 5.10 Å². The summed E-state index contributed by atoms with van der Waals surface area (Å²) in [5, 5.41) is 8.81. The van der Waals surface area contributed by atoms with Crippen LogP contribution in [0.1, 0.15) is 11.4 Å². The van der Waals surface area contributed by atoms with Crippen LogP contribution < -0.4 is 10.1 Å². The van der Waals surface area contributed by atoms with Gasteiger partial charge in [0.2, 0.25) is 0 Å². The van der Waals surface area contributed by atoms with Gasteiger partial charge in [-0.1, -0.05) is 30.3 Å². The number of ether oxygens (including phenoxy) is 1. The molecule has 6 heteroatoms. The predicted octanol–water partition coefficient (Wildman–Crippen LogP) is 4.13. The molecule has 0 saturated heterocycles. The lowest BCUT2D eigenvalue weighted by Crippen LogP contribution is -2.05. The largest absolute Gasteiger partial charge is 0.497 e. The molecule has 4 rings (SSSR count). The maximum Gasteiger partial charge on any atom is 0.163 e. The highest BCUT2D eigenvalue weighted by molar-refractivity contribution is 5.88. The van der Waals surface area contributed by atoms with Crippen molar-refractivity contribution in [3.05, 3.63) is 72.2 Å². The minimum absolute atomic E-state index is 0.708. The Hall–Kier alpha value is -3.41. The maximum absolute atomic E-state index is 5.21. The average Bonchev–Trinajstić information content (AvgIpc) is 3.11. The third-order valence-corrected chi connectivity index (χ3v) is 4.42. The van der Waals surface area contributed by atoms with Crippen molar-refractivity contribution in [3.63, 3.8) is 0 Å². The first-order valence-electron chi connectivity index (χ1n) is 8.88. The van der Waals surface area contributed by atoms with Gasteiger partial charge in [0, 0.05) is 12.2 Å². The Kier molecular flexibility index (Phi) is 4.70. The summed E-state index contributed by atoms with van der Waals surface area (Å²) < 4.78 is 7.15. The minimum Gasteiger partial charge on any atom is -0.497 e. The highest BCUT2D eigenvalue weighted by Crippen LogP contribution is 2.25. The Bertz CT molecular complexity index is 1040. The molecule has 0 radical (unpaired) electrons. The van der Waals surface area contributed by atoms with Gasteiger partial charge in [-0.15, -0.1) is 0 Å². The average molecular weight is 359 g/mol. The Morgan fingerprint density at radius 1 is 1.00 bits per heavy atom. The van der Waals surface area contributed by atoms with Crippen LogP contribution in [0.2, 0.25) is 0 Å². The zero-order chi connectivity index (χ0) is 18.6. The zero-order valence-corrected chi connectivity index (χ0v) is 15.4. The molecular weight excluding hydrogens is 338 g/mol. The molecule has 2 aromatic carbocycles. The molecule has 0 spiro atoms. The van der Waals surface area contributed by atoms with Crippen LogP contribution in [0.15, 0.2) is 60.8 Å². The van der Waals surface area contributed by atoms with E-state index in [9.17, 15) is 0 Å². The smallest absolute Gasteiger partial charge is 0.163 e. The zero-order valence-electron chi connectivity index (χ0n) is 15.4. The van der Waals surface area contributed by atoms with Gasteiger partial charge in [0.1, 0.15) is 17.4 Å². The second-order valence-corrected chi connectivity index (χ2v) is 6.31. The number of rotatable bonds is 6. The molecule has 4 aromatic rings. The second kappa shape index (κ2) is 7.45. The number of aromatic nitrogens is 4. The highest BCUT2D eigenvalue weighted by atomic mass is 16.5. The number of anilines is 2. The van der Waals surface area contributed by atoms with Gasteiger partial charge < -0.3 is 10.1 Å². The minimum atomic E-state index is 0.708. The van der Waals surface area contributed by atoms with E-state index in [4.69, 9.17) is 4.74 Å². The summed E-state index contributed by atoms with van der Waals surface area (Å²) in [6, 6.07) is 18.1. The third-order valence-electron chi connectivity index (χ3n) is 4.42. The van der Waals surface area contributed by atoms with E-state index >= 15 is 0 Å². The highest BCUT2D eigenvalue weighted by Gasteiger charge is 2.12. The molecule has 0 aliphatic carbocycles. The Morgan fingerprint density at radius 3 is 2.52 bits per heavy atom. The molecule has 0 saturated carbocycles. The number of nitrogens with one attached hydrogen (secondary N) is 1. The number of benzene rings is 2. The number of methoxy groups -OCH3 is 1. The molecule has 27 heavy (non-hydrogen) atoms. The number of hydrogen-bond donors (Lipinski definition) is 1. The molecule has 0 amide bonds. The molecule has 1 N–H and O–H groups in total. The van der Waals surface area contributed by atoms with Crippen molar-refractivity contribution >= 4 is 22.5 Å². The van der Waals surface area contributed by atoms with Crippen molar-refractivity contribution in [1.82, 2.24) is 19.7 Å². The van der Waals surface area contributed by atoms with Crippen LogP contribution in [0.4, 0.5) is 11.5 Å². The fraction of sp³-hybridized carbons (Fsp3) is 0.190. The summed E-state index contributed by atoms with van der Waals surface area (Å²) in [4.78, 5) is 9.17. The molecule has 0 fully saturated rings. The lowest BCUT2D eigenvalue weighted by Gasteiger charge is -2.09. The van der Waals surface area contributed by atoms with Gasteiger partial charge in [-0.05, 0) is 43.2 Å². The van der Waals surface area contributed by atoms with E-state index in [1.54, 1.807) is 7.11 Å². The molecule has 0 bridgehead atoms. The van der Waals surface area contributed by atoms with Crippen LogP contribution in [0, 0.1) is 6.92 Å². The molecule has 6 nitrogen and oxygen atoms in total. The van der Waals surface area contributed by atoms with Crippen LogP contribution in [0.5, 0.6) is 5.75 Å². The molecule has 0 aliphatic heterocycles. The van der Waals surface area contributed by atoms with Gasteiger partial charge in [0.15, 0.2) is 5.65 Å². The summed E-state index contributed by atoms with van der Waals surface area (Å²) in [6.07, 6.45) is 2.73. The Labute approximate surface area is 157 Å². The summed E-state index contributed by atoms with van der Waals surface area (Å²) in [7, 11) is 1.66. The lowest BCUT2D eigenvalue weighted by molar-refractivity contribution is 0.415. The molecule has 2 heterocycles. The summed E-state index contributed by atoms with van der Waals surface area (Å²) in [5.41, 5.74) is 3.06. The number of aryl methyl sites for hydroxylation is 3. The van der Waals surface area contributed by atoms with Crippen molar-refractivity contribution in [1.29, 1.82) is 0 Å². The van der Waals surface area contributed by atoms with Crippen LogP contribution >= 0.6 is 0 Å². The molecule has 136 valence electrons. The summed E-state index contributed by atoms with van der Waals surface area (Å²) >= 11 is 0. The van der Waals surface area contributed by atoms with Gasteiger partial charge in [-0.3, -0.25) is 0 Å². The normalized spacial score (nSPS) is 10.9. The third kappa shape index (κ3) is 3.74. The van der Waals surface area contributed by atoms with E-state index in [2.05, 4.69) is 44.6 Å². The van der Waals surface area contributed by atoms with Crippen molar-refractivity contribution in [2.75, 3.05) is 12.4 Å². The van der Waals surface area contributed by atoms with E-state index in [0.717, 1.165) is 41.3 Å². The Balaban J connectivity index is 1.61. The summed E-state index contributed by atoms with van der Waals surface area (Å²) in [5.74, 6) is 2.28. The number of hydrogen-bond acceptors (Lipinski definition) is 5. The number of nitrogens with zero attached hydrogens (tertiary/aromatic N) is 4. The van der Waals surface area contributed by atoms with Crippen LogP contribution in [0.25, 0.3) is 11.0 Å². The van der Waals surface area contributed by atoms with Crippen molar-refractivity contribution < 1.29 is 4.74 Å². The van der Waals surface area contributed by atoms with Crippen LogP contribution in [0.3, 0.4) is 0 Å². The molecular formula is C21H21N5O.